The van der Waals surface area contributed by atoms with E-state index in [-0.39, 0.29) is 18.3 Å². The van der Waals surface area contributed by atoms with E-state index >= 15 is 0 Å². The van der Waals surface area contributed by atoms with Crippen LogP contribution in [0.3, 0.4) is 0 Å². The number of aromatic nitrogens is 5. The van der Waals surface area contributed by atoms with E-state index in [9.17, 15) is 9.90 Å². The summed E-state index contributed by atoms with van der Waals surface area (Å²) in [6.45, 7) is 3.08. The highest BCUT2D eigenvalue weighted by atomic mass is 16.3. The lowest BCUT2D eigenvalue weighted by atomic mass is 10.0. The lowest BCUT2D eigenvalue weighted by molar-refractivity contribution is -0.137. The minimum atomic E-state index is -1.65. The Morgan fingerprint density at radius 3 is 2.86 bits per heavy atom. The highest BCUT2D eigenvalue weighted by molar-refractivity contribution is 5.90. The zero-order valence-corrected chi connectivity index (χ0v) is 16.0. The summed E-state index contributed by atoms with van der Waals surface area (Å²) in [6.07, 6.45) is 1.62. The van der Waals surface area contributed by atoms with Gasteiger partial charge in [-0.3, -0.25) is 4.79 Å². The summed E-state index contributed by atoms with van der Waals surface area (Å²) in [5.74, 6) is 6.24. The van der Waals surface area contributed by atoms with Gasteiger partial charge in [0, 0.05) is 32.1 Å². The van der Waals surface area contributed by atoms with Crippen LogP contribution in [-0.2, 0) is 4.79 Å². The Labute approximate surface area is 166 Å². The number of benzene rings is 1. The molecule has 4 rings (SSSR count). The van der Waals surface area contributed by atoms with E-state index in [1.165, 1.54) is 11.2 Å². The van der Waals surface area contributed by atoms with Crippen molar-refractivity contribution in [1.29, 1.82) is 0 Å². The number of aliphatic hydroxyl groups is 1. The molecule has 0 saturated carbocycles. The standard InChI is InChI=1S/C19H20N8O2/c1-3-21-17-24-13-5-4-12(6-7-19(29)8-9-26(2)15(19)28)10-14(13)27(17)18-23-11-22-16(20)25-18/h4-5,10-11,29H,3,8-9H2,1-2H3,(H,21,24)(H2,20,22,23,25). The van der Waals surface area contributed by atoms with Crippen LogP contribution in [0.2, 0.25) is 0 Å². The van der Waals surface area contributed by atoms with Crippen molar-refractivity contribution in [2.45, 2.75) is 18.9 Å². The van der Waals surface area contributed by atoms with Crippen molar-refractivity contribution in [1.82, 2.24) is 29.4 Å². The number of nitrogens with zero attached hydrogens (tertiary/aromatic N) is 6. The Kier molecular flexibility index (Phi) is 4.52. The molecule has 1 aliphatic rings. The maximum Gasteiger partial charge on any atom is 0.267 e. The number of carbonyl (C=O) groups excluding carboxylic acids is 1. The summed E-state index contributed by atoms with van der Waals surface area (Å²) in [5.41, 5.74) is 6.11. The van der Waals surface area contributed by atoms with Gasteiger partial charge in [0.2, 0.25) is 23.4 Å². The van der Waals surface area contributed by atoms with Crippen LogP contribution in [0.4, 0.5) is 11.9 Å². The topological polar surface area (TPSA) is 135 Å². The van der Waals surface area contributed by atoms with Crippen LogP contribution in [0.5, 0.6) is 0 Å². The van der Waals surface area contributed by atoms with E-state index in [4.69, 9.17) is 5.73 Å². The number of imidazole rings is 1. The molecule has 1 aromatic carbocycles. The molecular formula is C19H20N8O2. The molecule has 1 aliphatic heterocycles. The van der Waals surface area contributed by atoms with Gasteiger partial charge in [0.05, 0.1) is 11.0 Å². The Bertz CT molecular complexity index is 1160. The van der Waals surface area contributed by atoms with Gasteiger partial charge in [-0.25, -0.2) is 19.5 Å². The fourth-order valence-electron chi connectivity index (χ4n) is 3.19. The molecule has 0 aliphatic carbocycles. The number of hydrogen-bond acceptors (Lipinski definition) is 8. The summed E-state index contributed by atoms with van der Waals surface area (Å²) < 4.78 is 1.73. The zero-order valence-electron chi connectivity index (χ0n) is 16.0. The van der Waals surface area contributed by atoms with Crippen molar-refractivity contribution in [3.63, 3.8) is 0 Å². The normalized spacial score (nSPS) is 18.7. The largest absolute Gasteiger partial charge is 0.369 e. The van der Waals surface area contributed by atoms with Crippen molar-refractivity contribution in [2.75, 3.05) is 31.2 Å². The Hall–Kier alpha value is -3.71. The molecule has 0 bridgehead atoms. The van der Waals surface area contributed by atoms with Gasteiger partial charge in [0.1, 0.15) is 6.33 Å². The number of rotatable bonds is 3. The van der Waals surface area contributed by atoms with Crippen molar-refractivity contribution in [3.05, 3.63) is 30.1 Å². The lowest BCUT2D eigenvalue weighted by Crippen LogP contribution is -2.37. The monoisotopic (exact) mass is 392 g/mol. The lowest BCUT2D eigenvalue weighted by Gasteiger charge is -2.13. The number of nitrogens with one attached hydrogen (secondary N) is 1. The quantitative estimate of drug-likeness (QED) is 0.537. The second-order valence-corrected chi connectivity index (χ2v) is 6.74. The molecule has 1 fully saturated rings. The Morgan fingerprint density at radius 2 is 2.17 bits per heavy atom. The van der Waals surface area contributed by atoms with E-state index in [0.717, 1.165) is 0 Å². The maximum atomic E-state index is 12.1. The predicted octanol–water partition coefficient (Wildman–Crippen LogP) is 0.169. The molecule has 1 saturated heterocycles. The van der Waals surface area contributed by atoms with Gasteiger partial charge < -0.3 is 21.1 Å². The number of nitrogen functional groups attached to an aromatic ring is 1. The number of hydrogen-bond donors (Lipinski definition) is 3. The minimum Gasteiger partial charge on any atom is -0.369 e. The van der Waals surface area contributed by atoms with Crippen molar-refractivity contribution in [3.8, 4) is 17.8 Å². The zero-order chi connectivity index (χ0) is 20.6. The van der Waals surface area contributed by atoms with Gasteiger partial charge in [0.25, 0.3) is 5.91 Å². The molecule has 1 atom stereocenters. The first-order chi connectivity index (χ1) is 13.9. The second-order valence-electron chi connectivity index (χ2n) is 6.74. The predicted molar refractivity (Wildman–Crippen MR) is 107 cm³/mol. The van der Waals surface area contributed by atoms with E-state index in [1.54, 1.807) is 17.7 Å². The fraction of sp³-hybridized carbons (Fsp3) is 0.316. The highest BCUT2D eigenvalue weighted by Crippen LogP contribution is 2.25. The van der Waals surface area contributed by atoms with Crippen LogP contribution in [0, 0.1) is 11.8 Å². The van der Waals surface area contributed by atoms with Gasteiger partial charge >= 0.3 is 0 Å². The molecule has 3 heterocycles. The molecule has 4 N–H and O–H groups in total. The van der Waals surface area contributed by atoms with Crippen LogP contribution >= 0.6 is 0 Å². The average Bonchev–Trinajstić information content (AvgIpc) is 3.19. The van der Waals surface area contributed by atoms with Crippen molar-refractivity contribution in [2.24, 2.45) is 0 Å². The van der Waals surface area contributed by atoms with Crippen LogP contribution in [0.1, 0.15) is 18.9 Å². The van der Waals surface area contributed by atoms with Crippen LogP contribution in [0.25, 0.3) is 17.0 Å². The first-order valence-electron chi connectivity index (χ1n) is 9.13. The number of amides is 1. The smallest absolute Gasteiger partial charge is 0.267 e. The van der Waals surface area contributed by atoms with E-state index in [2.05, 4.69) is 37.1 Å². The van der Waals surface area contributed by atoms with Gasteiger partial charge in [-0.1, -0.05) is 11.8 Å². The average molecular weight is 392 g/mol. The third-order valence-corrected chi connectivity index (χ3v) is 4.69. The molecule has 1 amide bonds. The van der Waals surface area contributed by atoms with Gasteiger partial charge in [-0.2, -0.15) is 4.98 Å². The number of carbonyl (C=O) groups is 1. The SMILES string of the molecule is CCNc1nc2ccc(C#CC3(O)CCN(C)C3=O)cc2n1-c1ncnc(N)n1. The molecule has 29 heavy (non-hydrogen) atoms. The van der Waals surface area contributed by atoms with Crippen molar-refractivity contribution >= 4 is 28.8 Å². The first kappa shape index (κ1) is 18.6. The summed E-state index contributed by atoms with van der Waals surface area (Å²) in [6, 6.07) is 5.41. The molecule has 10 heteroatoms. The molecule has 3 aromatic rings. The summed E-state index contributed by atoms with van der Waals surface area (Å²) in [4.78, 5) is 30.4. The van der Waals surface area contributed by atoms with Crippen LogP contribution in [0.15, 0.2) is 24.5 Å². The summed E-state index contributed by atoms with van der Waals surface area (Å²) in [5, 5.41) is 13.7. The van der Waals surface area contributed by atoms with Gasteiger partial charge in [-0.05, 0) is 25.1 Å². The van der Waals surface area contributed by atoms with E-state index in [1.807, 2.05) is 19.1 Å². The van der Waals surface area contributed by atoms with Crippen LogP contribution in [-0.4, -0.2) is 66.2 Å². The molecule has 148 valence electrons. The Balaban J connectivity index is 1.81. The maximum absolute atomic E-state index is 12.1. The molecule has 0 spiro atoms. The van der Waals surface area contributed by atoms with Gasteiger partial charge in [0.15, 0.2) is 0 Å². The molecule has 0 radical (unpaired) electrons. The van der Waals surface area contributed by atoms with Crippen molar-refractivity contribution < 1.29 is 9.90 Å². The summed E-state index contributed by atoms with van der Waals surface area (Å²) in [7, 11) is 1.65. The van der Waals surface area contributed by atoms with Crippen LogP contribution < -0.4 is 11.1 Å². The third-order valence-electron chi connectivity index (χ3n) is 4.69. The highest BCUT2D eigenvalue weighted by Gasteiger charge is 2.42. The van der Waals surface area contributed by atoms with E-state index in [0.29, 0.717) is 41.6 Å². The third kappa shape index (κ3) is 3.32. The van der Waals surface area contributed by atoms with E-state index < -0.39 is 5.60 Å². The minimum absolute atomic E-state index is 0.0985. The number of nitrogens with two attached hydrogens (primary N) is 1. The first-order valence-corrected chi connectivity index (χ1v) is 9.13. The Morgan fingerprint density at radius 1 is 1.34 bits per heavy atom. The number of likely N-dealkylation sites (N-methyl/N-ethyl adjacent to an activating group) is 1. The van der Waals surface area contributed by atoms with Gasteiger partial charge in [-0.15, -0.1) is 0 Å². The number of likely N-dealkylation sites (tertiary alicyclic amines) is 1. The molecule has 10 nitrogen and oxygen atoms in total. The molecular weight excluding hydrogens is 372 g/mol. The summed E-state index contributed by atoms with van der Waals surface area (Å²) >= 11 is 0. The molecule has 2 aromatic heterocycles. The number of anilines is 2. The second kappa shape index (κ2) is 7.03. The molecule has 1 unspecified atom stereocenters. The number of fused-ring (bicyclic) bond motifs is 1. The fourth-order valence-corrected chi connectivity index (χ4v) is 3.19.